The average molecular weight is 319 g/mol. The third kappa shape index (κ3) is 3.59. The van der Waals surface area contributed by atoms with Gasteiger partial charge in [-0.3, -0.25) is 4.79 Å². The Morgan fingerprint density at radius 2 is 2.00 bits per heavy atom. The Morgan fingerprint density at radius 1 is 1.32 bits per heavy atom. The van der Waals surface area contributed by atoms with Crippen molar-refractivity contribution in [2.75, 3.05) is 16.5 Å². The number of amides is 1. The molecule has 1 amide bonds. The number of rotatable bonds is 6. The van der Waals surface area contributed by atoms with Gasteiger partial charge in [0.2, 0.25) is 11.1 Å². The molecular weight excluding hydrogens is 298 g/mol. The van der Waals surface area contributed by atoms with Gasteiger partial charge >= 0.3 is 0 Å². The van der Waals surface area contributed by atoms with E-state index in [1.165, 1.54) is 16.4 Å². The molecule has 0 fully saturated rings. The summed E-state index contributed by atoms with van der Waals surface area (Å²) in [5.41, 5.74) is 0.895. The van der Waals surface area contributed by atoms with Crippen LogP contribution in [0.25, 0.3) is 0 Å². The number of aryl methyl sites for hydroxylation is 1. The van der Waals surface area contributed by atoms with Crippen molar-refractivity contribution in [3.63, 3.8) is 0 Å². The topological polar surface area (TPSA) is 77.0 Å². The number of aromatic nitrogens is 3. The zero-order chi connectivity index (χ0) is 16.1. The Hall–Kier alpha value is -2.02. The zero-order valence-corrected chi connectivity index (χ0v) is 13.9. The first kappa shape index (κ1) is 16.4. The molecule has 6 nitrogen and oxygen atoms in total. The Labute approximate surface area is 134 Å². The first-order valence-corrected chi connectivity index (χ1v) is 8.22. The summed E-state index contributed by atoms with van der Waals surface area (Å²) in [6.07, 6.45) is 0.708. The van der Waals surface area contributed by atoms with E-state index in [-0.39, 0.29) is 17.7 Å². The van der Waals surface area contributed by atoms with Gasteiger partial charge in [-0.1, -0.05) is 36.9 Å². The number of carbonyl (C=O) groups is 1. The van der Waals surface area contributed by atoms with Crippen LogP contribution in [0, 0.1) is 0 Å². The number of benzene rings is 1. The maximum absolute atomic E-state index is 12.6. The molecule has 7 heteroatoms. The van der Waals surface area contributed by atoms with E-state index in [4.69, 9.17) is 5.84 Å². The van der Waals surface area contributed by atoms with Crippen molar-refractivity contribution in [3.8, 4) is 0 Å². The molecule has 0 atom stereocenters. The lowest BCUT2D eigenvalue weighted by molar-refractivity contribution is -0.116. The largest absolute Gasteiger partial charge is 0.336 e. The number of nitrogens with two attached hydrogens (primary N) is 1. The fourth-order valence-corrected chi connectivity index (χ4v) is 2.90. The molecule has 2 N–H and O–H groups in total. The Balaban J connectivity index is 2.07. The average Bonchev–Trinajstić information content (AvgIpc) is 2.86. The van der Waals surface area contributed by atoms with Gasteiger partial charge in [-0.25, -0.2) is 4.68 Å². The normalized spacial score (nSPS) is 10.9. The van der Waals surface area contributed by atoms with Crippen LogP contribution in [0.2, 0.25) is 0 Å². The van der Waals surface area contributed by atoms with Gasteiger partial charge in [-0.05, 0) is 26.0 Å². The predicted octanol–water partition coefficient (Wildman–Crippen LogP) is 2.09. The molecule has 1 aromatic carbocycles. The molecule has 0 aliphatic carbocycles. The molecule has 2 aromatic rings. The minimum Gasteiger partial charge on any atom is -0.336 e. The SMILES string of the molecule is CCc1nnc(SCC(=O)N(c2ccccc2)C(C)C)n1N. The molecule has 2 rings (SSSR count). The first-order valence-electron chi connectivity index (χ1n) is 7.23. The van der Waals surface area contributed by atoms with E-state index < -0.39 is 0 Å². The van der Waals surface area contributed by atoms with Gasteiger partial charge in [-0.2, -0.15) is 0 Å². The van der Waals surface area contributed by atoms with E-state index in [0.717, 1.165) is 5.69 Å². The summed E-state index contributed by atoms with van der Waals surface area (Å²) < 4.78 is 1.44. The lowest BCUT2D eigenvalue weighted by Gasteiger charge is -2.26. The smallest absolute Gasteiger partial charge is 0.237 e. The van der Waals surface area contributed by atoms with E-state index in [0.29, 0.717) is 17.4 Å². The van der Waals surface area contributed by atoms with Gasteiger partial charge in [0.1, 0.15) is 0 Å². The summed E-state index contributed by atoms with van der Waals surface area (Å²) in [6, 6.07) is 9.73. The monoisotopic (exact) mass is 319 g/mol. The summed E-state index contributed by atoms with van der Waals surface area (Å²) in [6.45, 7) is 5.95. The molecule has 1 aromatic heterocycles. The van der Waals surface area contributed by atoms with Crippen molar-refractivity contribution in [2.45, 2.75) is 38.4 Å². The van der Waals surface area contributed by atoms with Crippen LogP contribution in [0.15, 0.2) is 35.5 Å². The van der Waals surface area contributed by atoms with E-state index in [9.17, 15) is 4.79 Å². The summed E-state index contributed by atoms with van der Waals surface area (Å²) in [7, 11) is 0. The second-order valence-corrected chi connectivity index (χ2v) is 6.05. The Bertz CT molecular complexity index is 626. The van der Waals surface area contributed by atoms with Gasteiger partial charge in [0.15, 0.2) is 5.82 Å². The first-order chi connectivity index (χ1) is 10.5. The van der Waals surface area contributed by atoms with Crippen LogP contribution in [0.4, 0.5) is 5.69 Å². The number of carbonyl (C=O) groups excluding carboxylic acids is 1. The Kier molecular flexibility index (Phi) is 5.43. The van der Waals surface area contributed by atoms with Crippen LogP contribution in [-0.4, -0.2) is 32.6 Å². The molecule has 22 heavy (non-hydrogen) atoms. The molecular formula is C15H21N5OS. The number of hydrogen-bond donors (Lipinski definition) is 1. The fraction of sp³-hybridized carbons (Fsp3) is 0.400. The third-order valence-electron chi connectivity index (χ3n) is 3.20. The molecule has 0 saturated heterocycles. The number of nitrogens with zero attached hydrogens (tertiary/aromatic N) is 4. The molecule has 0 radical (unpaired) electrons. The third-order valence-corrected chi connectivity index (χ3v) is 4.12. The standard InChI is InChI=1S/C15H21N5OS/c1-4-13-17-18-15(20(13)16)22-10-14(21)19(11(2)3)12-8-6-5-7-9-12/h5-9,11H,4,10,16H2,1-3H3. The molecule has 0 aliphatic rings. The summed E-state index contributed by atoms with van der Waals surface area (Å²) in [4.78, 5) is 14.3. The van der Waals surface area contributed by atoms with E-state index >= 15 is 0 Å². The number of nitrogen functional groups attached to an aromatic ring is 1. The van der Waals surface area contributed by atoms with Crippen molar-refractivity contribution < 1.29 is 4.79 Å². The molecule has 1 heterocycles. The van der Waals surface area contributed by atoms with Gasteiger partial charge in [-0.15, -0.1) is 10.2 Å². The lowest BCUT2D eigenvalue weighted by Crippen LogP contribution is -2.38. The van der Waals surface area contributed by atoms with Gasteiger partial charge in [0, 0.05) is 18.2 Å². The zero-order valence-electron chi connectivity index (χ0n) is 13.1. The summed E-state index contributed by atoms with van der Waals surface area (Å²) >= 11 is 1.30. The number of thioether (sulfide) groups is 1. The minimum absolute atomic E-state index is 0.0206. The number of anilines is 1. The molecule has 0 unspecified atom stereocenters. The maximum atomic E-state index is 12.6. The summed E-state index contributed by atoms with van der Waals surface area (Å²) in [5.74, 6) is 6.89. The number of hydrogen-bond acceptors (Lipinski definition) is 5. The fourth-order valence-electron chi connectivity index (χ4n) is 2.16. The van der Waals surface area contributed by atoms with Crippen molar-refractivity contribution in [1.82, 2.24) is 14.9 Å². The Morgan fingerprint density at radius 3 is 2.55 bits per heavy atom. The number of para-hydroxylation sites is 1. The summed E-state index contributed by atoms with van der Waals surface area (Å²) in [5, 5.41) is 8.57. The van der Waals surface area contributed by atoms with Crippen LogP contribution in [0.3, 0.4) is 0 Å². The van der Waals surface area contributed by atoms with Gasteiger partial charge in [0.05, 0.1) is 5.75 Å². The van der Waals surface area contributed by atoms with Crippen molar-refractivity contribution >= 4 is 23.4 Å². The highest BCUT2D eigenvalue weighted by molar-refractivity contribution is 7.99. The molecule has 0 saturated carbocycles. The highest BCUT2D eigenvalue weighted by atomic mass is 32.2. The van der Waals surface area contributed by atoms with E-state index in [2.05, 4.69) is 10.2 Å². The quantitative estimate of drug-likeness (QED) is 0.651. The molecule has 0 aliphatic heterocycles. The van der Waals surface area contributed by atoms with Gasteiger partial charge < -0.3 is 10.7 Å². The highest BCUT2D eigenvalue weighted by Crippen LogP contribution is 2.21. The van der Waals surface area contributed by atoms with E-state index in [1.54, 1.807) is 4.90 Å². The highest BCUT2D eigenvalue weighted by Gasteiger charge is 2.20. The van der Waals surface area contributed by atoms with Crippen molar-refractivity contribution in [1.29, 1.82) is 0 Å². The van der Waals surface area contributed by atoms with Crippen LogP contribution in [0.1, 0.15) is 26.6 Å². The van der Waals surface area contributed by atoms with E-state index in [1.807, 2.05) is 51.1 Å². The van der Waals surface area contributed by atoms with Crippen LogP contribution >= 0.6 is 11.8 Å². The molecule has 118 valence electrons. The predicted molar refractivity (Wildman–Crippen MR) is 89.3 cm³/mol. The van der Waals surface area contributed by atoms with Crippen LogP contribution < -0.4 is 10.7 Å². The van der Waals surface area contributed by atoms with Crippen molar-refractivity contribution in [3.05, 3.63) is 36.2 Å². The second kappa shape index (κ2) is 7.31. The second-order valence-electron chi connectivity index (χ2n) is 5.10. The molecule has 0 bridgehead atoms. The minimum atomic E-state index is 0.0206. The lowest BCUT2D eigenvalue weighted by atomic mass is 10.2. The van der Waals surface area contributed by atoms with Gasteiger partial charge in [0.25, 0.3) is 0 Å². The van der Waals surface area contributed by atoms with Crippen molar-refractivity contribution in [2.24, 2.45) is 0 Å². The van der Waals surface area contributed by atoms with Crippen LogP contribution in [-0.2, 0) is 11.2 Å². The molecule has 0 spiro atoms. The van der Waals surface area contributed by atoms with Crippen LogP contribution in [0.5, 0.6) is 0 Å². The maximum Gasteiger partial charge on any atom is 0.237 e.